The third-order valence-corrected chi connectivity index (χ3v) is 6.09. The van der Waals surface area contributed by atoms with Crippen molar-refractivity contribution < 1.29 is 28.2 Å². The first-order valence-corrected chi connectivity index (χ1v) is 10.6. The minimum atomic E-state index is -1.78. The number of carbonyl (C=O) groups is 1. The van der Waals surface area contributed by atoms with Crippen LogP contribution < -0.4 is 4.74 Å². The van der Waals surface area contributed by atoms with Crippen molar-refractivity contribution in [1.29, 1.82) is 0 Å². The highest BCUT2D eigenvalue weighted by Crippen LogP contribution is 2.43. The van der Waals surface area contributed by atoms with Gasteiger partial charge in [-0.25, -0.2) is 13.8 Å². The van der Waals surface area contributed by atoms with Gasteiger partial charge < -0.3 is 19.1 Å². The summed E-state index contributed by atoms with van der Waals surface area (Å²) in [7, 11) is 1.38. The number of carboxylic acid groups (broad SMARTS) is 1. The molecule has 33 heavy (non-hydrogen) atoms. The molecule has 0 aliphatic carbocycles. The zero-order chi connectivity index (χ0) is 23.1. The first-order chi connectivity index (χ1) is 16.0. The van der Waals surface area contributed by atoms with E-state index in [2.05, 4.69) is 15.2 Å². The second kappa shape index (κ2) is 8.43. The van der Waals surface area contributed by atoms with E-state index in [9.17, 15) is 14.3 Å². The number of alkyl halides is 1. The maximum atomic E-state index is 15.6. The van der Waals surface area contributed by atoms with E-state index in [0.29, 0.717) is 59.5 Å². The predicted octanol–water partition coefficient (Wildman–Crippen LogP) is 4.43. The molecule has 0 radical (unpaired) electrons. The molecule has 0 amide bonds. The highest BCUT2D eigenvalue weighted by Gasteiger charge is 2.33. The summed E-state index contributed by atoms with van der Waals surface area (Å²) >= 11 is 0. The molecule has 3 aromatic heterocycles. The van der Waals surface area contributed by atoms with E-state index in [1.54, 1.807) is 18.3 Å². The Morgan fingerprint density at radius 2 is 2.15 bits per heavy atom. The number of aromatic amines is 1. The Labute approximate surface area is 187 Å². The number of nitrogens with zero attached hydrogens (tertiary/aromatic N) is 3. The number of halogens is 2. The van der Waals surface area contributed by atoms with Crippen LogP contribution in [0.1, 0.15) is 42.6 Å². The van der Waals surface area contributed by atoms with Crippen LogP contribution in [0.3, 0.4) is 0 Å². The van der Waals surface area contributed by atoms with Gasteiger partial charge in [0.15, 0.2) is 17.2 Å². The van der Waals surface area contributed by atoms with E-state index in [-0.39, 0.29) is 17.2 Å². The zero-order valence-electron chi connectivity index (χ0n) is 17.8. The number of carboxylic acids is 1. The van der Waals surface area contributed by atoms with Gasteiger partial charge in [-0.15, -0.1) is 0 Å². The molecule has 1 aliphatic heterocycles. The Hall–Kier alpha value is -3.53. The zero-order valence-corrected chi connectivity index (χ0v) is 17.8. The van der Waals surface area contributed by atoms with Gasteiger partial charge in [-0.2, -0.15) is 5.10 Å². The molecule has 0 saturated carbocycles. The largest absolute Gasteiger partial charge is 0.494 e. The number of rotatable bonds is 6. The lowest BCUT2D eigenvalue weighted by Crippen LogP contribution is -2.19. The standard InChI is InChI=1S/C23H22F2N4O4/c1-32-18-9-14(2-3-15(18)24)29-17-8-13-11-26-28-23(13)27-21(17)20(16(25)10-19(30)31)22(29)12-4-6-33-7-5-12/h2-3,8-9,11-12,16H,4-7,10H2,1H3,(H,30,31)(H,26,27,28)/t16-/m1/s1. The molecule has 2 N–H and O–H groups in total. The van der Waals surface area contributed by atoms with Crippen molar-refractivity contribution in [1.82, 2.24) is 19.7 Å². The number of methoxy groups -OCH3 is 1. The molecule has 4 heterocycles. The van der Waals surface area contributed by atoms with Crippen molar-refractivity contribution in [2.75, 3.05) is 20.3 Å². The highest BCUT2D eigenvalue weighted by molar-refractivity contribution is 5.94. The minimum absolute atomic E-state index is 0.0495. The smallest absolute Gasteiger partial charge is 0.306 e. The maximum absolute atomic E-state index is 15.6. The van der Waals surface area contributed by atoms with Crippen molar-refractivity contribution in [2.24, 2.45) is 0 Å². The lowest BCUT2D eigenvalue weighted by atomic mass is 9.91. The molecule has 1 saturated heterocycles. The number of fused-ring (bicyclic) bond motifs is 2. The number of benzene rings is 1. The summed E-state index contributed by atoms with van der Waals surface area (Å²) in [4.78, 5) is 16.0. The lowest BCUT2D eigenvalue weighted by Gasteiger charge is -2.26. The number of aromatic nitrogens is 4. The molecular weight excluding hydrogens is 434 g/mol. The molecule has 8 nitrogen and oxygen atoms in total. The first kappa shape index (κ1) is 21.3. The third kappa shape index (κ3) is 3.70. The van der Waals surface area contributed by atoms with Gasteiger partial charge in [0, 0.05) is 47.5 Å². The minimum Gasteiger partial charge on any atom is -0.494 e. The fourth-order valence-electron chi connectivity index (χ4n) is 4.61. The van der Waals surface area contributed by atoms with Crippen molar-refractivity contribution in [3.63, 3.8) is 0 Å². The van der Waals surface area contributed by atoms with Gasteiger partial charge in [0.05, 0.1) is 30.8 Å². The van der Waals surface area contributed by atoms with Crippen LogP contribution in [-0.2, 0) is 9.53 Å². The fraction of sp³-hybridized carbons (Fsp3) is 0.348. The van der Waals surface area contributed by atoms with Crippen LogP contribution in [0.4, 0.5) is 8.78 Å². The molecule has 1 aliphatic rings. The average Bonchev–Trinajstić information content (AvgIpc) is 3.39. The monoisotopic (exact) mass is 456 g/mol. The van der Waals surface area contributed by atoms with Gasteiger partial charge in [0.1, 0.15) is 6.17 Å². The molecule has 5 rings (SSSR count). The van der Waals surface area contributed by atoms with Gasteiger partial charge in [-0.05, 0) is 31.0 Å². The average molecular weight is 456 g/mol. The van der Waals surface area contributed by atoms with E-state index in [1.807, 2.05) is 10.6 Å². The second-order valence-electron chi connectivity index (χ2n) is 8.07. The number of aliphatic carboxylic acids is 1. The van der Waals surface area contributed by atoms with E-state index < -0.39 is 24.4 Å². The third-order valence-electron chi connectivity index (χ3n) is 6.09. The van der Waals surface area contributed by atoms with E-state index in [4.69, 9.17) is 9.47 Å². The number of hydrogen-bond donors (Lipinski definition) is 2. The Balaban J connectivity index is 1.87. The number of hydrogen-bond acceptors (Lipinski definition) is 5. The SMILES string of the molecule is COc1cc(-n2c(C3CCOCC3)c([C@H](F)CC(=O)O)c3nc4[nH]ncc4cc32)ccc1F. The number of H-pyrrole nitrogens is 1. The molecular formula is C23H22F2N4O4. The Morgan fingerprint density at radius 1 is 1.36 bits per heavy atom. The Morgan fingerprint density at radius 3 is 2.88 bits per heavy atom. The van der Waals surface area contributed by atoms with Gasteiger partial charge in [-0.3, -0.25) is 9.89 Å². The topological polar surface area (TPSA) is 102 Å². The van der Waals surface area contributed by atoms with Crippen LogP contribution in [0.5, 0.6) is 5.75 Å². The van der Waals surface area contributed by atoms with E-state index in [0.717, 1.165) is 0 Å². The first-order valence-electron chi connectivity index (χ1n) is 10.6. The summed E-state index contributed by atoms with van der Waals surface area (Å²) in [5, 5.41) is 16.8. The number of nitrogens with one attached hydrogen (secondary N) is 1. The summed E-state index contributed by atoms with van der Waals surface area (Å²) in [5.41, 5.74) is 2.84. The van der Waals surface area contributed by atoms with Crippen molar-refractivity contribution in [3.05, 3.63) is 47.5 Å². The summed E-state index contributed by atoms with van der Waals surface area (Å²) in [6.45, 7) is 1.01. The molecule has 172 valence electrons. The predicted molar refractivity (Wildman–Crippen MR) is 116 cm³/mol. The Bertz CT molecular complexity index is 1340. The molecule has 0 bridgehead atoms. The van der Waals surface area contributed by atoms with Crippen LogP contribution in [0, 0.1) is 5.82 Å². The fourth-order valence-corrected chi connectivity index (χ4v) is 4.61. The maximum Gasteiger partial charge on any atom is 0.306 e. The van der Waals surface area contributed by atoms with Gasteiger partial charge in [0.25, 0.3) is 0 Å². The molecule has 4 aromatic rings. The molecule has 10 heteroatoms. The normalized spacial score (nSPS) is 15.8. The number of pyridine rings is 1. The molecule has 1 fully saturated rings. The summed E-state index contributed by atoms with van der Waals surface area (Å²) in [6, 6.07) is 6.26. The van der Waals surface area contributed by atoms with Gasteiger partial charge >= 0.3 is 5.97 Å². The molecule has 1 aromatic carbocycles. The van der Waals surface area contributed by atoms with Crippen LogP contribution in [0.2, 0.25) is 0 Å². The van der Waals surface area contributed by atoms with Crippen LogP contribution in [0.15, 0.2) is 30.5 Å². The summed E-state index contributed by atoms with van der Waals surface area (Å²) < 4.78 is 42.4. The van der Waals surface area contributed by atoms with Crippen molar-refractivity contribution in [3.8, 4) is 11.4 Å². The van der Waals surface area contributed by atoms with Crippen molar-refractivity contribution >= 4 is 28.0 Å². The highest BCUT2D eigenvalue weighted by atomic mass is 19.1. The Kier molecular flexibility index (Phi) is 5.45. The molecule has 0 spiro atoms. The van der Waals surface area contributed by atoms with E-state index in [1.165, 1.54) is 13.2 Å². The van der Waals surface area contributed by atoms with Gasteiger partial charge in [-0.1, -0.05) is 0 Å². The summed E-state index contributed by atoms with van der Waals surface area (Å²) in [5.74, 6) is -1.81. The lowest BCUT2D eigenvalue weighted by molar-refractivity contribution is -0.138. The molecule has 0 unspecified atom stereocenters. The van der Waals surface area contributed by atoms with Crippen LogP contribution >= 0.6 is 0 Å². The quantitative estimate of drug-likeness (QED) is 0.445. The van der Waals surface area contributed by atoms with E-state index >= 15 is 4.39 Å². The van der Waals surface area contributed by atoms with Crippen LogP contribution in [0.25, 0.3) is 27.8 Å². The van der Waals surface area contributed by atoms with Crippen molar-refractivity contribution in [2.45, 2.75) is 31.4 Å². The molecule has 1 atom stereocenters. The second-order valence-corrected chi connectivity index (χ2v) is 8.07. The van der Waals surface area contributed by atoms with Crippen LogP contribution in [-0.4, -0.2) is 51.1 Å². The van der Waals surface area contributed by atoms with Gasteiger partial charge in [0.2, 0.25) is 0 Å². The number of ether oxygens (including phenoxy) is 2. The summed E-state index contributed by atoms with van der Waals surface area (Å²) in [6.07, 6.45) is 0.425.